The van der Waals surface area contributed by atoms with Crippen LogP contribution in [0.15, 0.2) is 22.7 Å². The lowest BCUT2D eigenvalue weighted by Crippen LogP contribution is -2.28. The summed E-state index contributed by atoms with van der Waals surface area (Å²) in [7, 11) is 0. The summed E-state index contributed by atoms with van der Waals surface area (Å²) in [6, 6.07) is 4.65. The predicted octanol–water partition coefficient (Wildman–Crippen LogP) is 2.42. The average molecular weight is 288 g/mol. The molecule has 1 aliphatic rings. The minimum Gasteiger partial charge on any atom is -0.334 e. The summed E-state index contributed by atoms with van der Waals surface area (Å²) in [4.78, 5) is 14.9. The largest absolute Gasteiger partial charge is 0.334 e. The van der Waals surface area contributed by atoms with Gasteiger partial charge in [0.05, 0.1) is 4.92 Å². The zero-order chi connectivity index (χ0) is 14.8. The van der Waals surface area contributed by atoms with Gasteiger partial charge in [-0.2, -0.15) is 4.98 Å². The third kappa shape index (κ3) is 2.78. The number of hydrogen-bond donors (Lipinski definition) is 1. The number of nitrogens with one attached hydrogen (secondary N) is 1. The van der Waals surface area contributed by atoms with E-state index in [1.807, 2.05) is 6.92 Å². The molecule has 1 atom stereocenters. The zero-order valence-electron chi connectivity index (χ0n) is 11.7. The Kier molecular flexibility index (Phi) is 3.66. The van der Waals surface area contributed by atoms with Crippen LogP contribution in [0.5, 0.6) is 0 Å². The maximum Gasteiger partial charge on any atom is 0.270 e. The first-order valence-electron chi connectivity index (χ1n) is 6.95. The van der Waals surface area contributed by atoms with Gasteiger partial charge >= 0.3 is 0 Å². The summed E-state index contributed by atoms with van der Waals surface area (Å²) in [5, 5.41) is 18.2. The molecule has 0 aliphatic carbocycles. The summed E-state index contributed by atoms with van der Waals surface area (Å²) >= 11 is 0. The molecule has 1 fully saturated rings. The Morgan fingerprint density at radius 3 is 3.05 bits per heavy atom. The van der Waals surface area contributed by atoms with Crippen LogP contribution in [0.3, 0.4) is 0 Å². The summed E-state index contributed by atoms with van der Waals surface area (Å²) in [6.45, 7) is 3.73. The van der Waals surface area contributed by atoms with Crippen molar-refractivity contribution in [2.24, 2.45) is 0 Å². The highest BCUT2D eigenvalue weighted by atomic mass is 16.6. The third-order valence-electron chi connectivity index (χ3n) is 3.77. The van der Waals surface area contributed by atoms with E-state index in [2.05, 4.69) is 15.5 Å². The molecule has 7 heteroatoms. The fourth-order valence-electron chi connectivity index (χ4n) is 2.54. The van der Waals surface area contributed by atoms with Crippen LogP contribution in [0.1, 0.15) is 30.1 Å². The van der Waals surface area contributed by atoms with Crippen molar-refractivity contribution in [2.45, 2.75) is 25.7 Å². The topological polar surface area (TPSA) is 94.1 Å². The smallest absolute Gasteiger partial charge is 0.270 e. The molecule has 0 spiro atoms. The van der Waals surface area contributed by atoms with E-state index in [0.29, 0.717) is 17.3 Å². The third-order valence-corrected chi connectivity index (χ3v) is 3.77. The van der Waals surface area contributed by atoms with Crippen molar-refractivity contribution < 1.29 is 9.45 Å². The van der Waals surface area contributed by atoms with Crippen LogP contribution >= 0.6 is 0 Å². The molecule has 7 nitrogen and oxygen atoms in total. The Morgan fingerprint density at radius 1 is 1.48 bits per heavy atom. The van der Waals surface area contributed by atoms with Gasteiger partial charge in [0, 0.05) is 30.2 Å². The molecular formula is C14H16N4O3. The first kappa shape index (κ1) is 13.7. The molecule has 0 bridgehead atoms. The minimum atomic E-state index is -0.425. The van der Waals surface area contributed by atoms with Crippen LogP contribution in [-0.2, 0) is 0 Å². The summed E-state index contributed by atoms with van der Waals surface area (Å²) in [6.07, 6.45) is 2.12. The van der Waals surface area contributed by atoms with E-state index >= 15 is 0 Å². The van der Waals surface area contributed by atoms with Crippen molar-refractivity contribution in [2.75, 3.05) is 13.1 Å². The van der Waals surface area contributed by atoms with Gasteiger partial charge in [0.25, 0.3) is 11.6 Å². The van der Waals surface area contributed by atoms with Gasteiger partial charge in [0.15, 0.2) is 5.82 Å². The Hall–Kier alpha value is -2.28. The van der Waals surface area contributed by atoms with E-state index in [0.717, 1.165) is 31.5 Å². The molecule has 1 N–H and O–H groups in total. The van der Waals surface area contributed by atoms with Gasteiger partial charge in [0.1, 0.15) is 0 Å². The maximum absolute atomic E-state index is 10.9. The molecule has 0 amide bonds. The SMILES string of the molecule is Cc1ccc([N+](=O)[O-])cc1-c1nc(C2CCCNC2)no1. The molecule has 2 aromatic rings. The monoisotopic (exact) mass is 288 g/mol. The molecule has 3 rings (SSSR count). The van der Waals surface area contributed by atoms with Crippen LogP contribution in [-0.4, -0.2) is 28.2 Å². The number of rotatable bonds is 3. The highest BCUT2D eigenvalue weighted by molar-refractivity contribution is 5.62. The molecule has 1 unspecified atom stereocenters. The second-order valence-corrected chi connectivity index (χ2v) is 5.26. The van der Waals surface area contributed by atoms with Gasteiger partial charge in [-0.1, -0.05) is 11.2 Å². The number of nitro benzene ring substituents is 1. The van der Waals surface area contributed by atoms with Gasteiger partial charge in [-0.25, -0.2) is 0 Å². The fourth-order valence-corrected chi connectivity index (χ4v) is 2.54. The van der Waals surface area contributed by atoms with Crippen LogP contribution < -0.4 is 5.32 Å². The Labute approximate surface area is 121 Å². The van der Waals surface area contributed by atoms with E-state index in [-0.39, 0.29) is 11.6 Å². The number of nitro groups is 1. The van der Waals surface area contributed by atoms with Gasteiger partial charge in [-0.3, -0.25) is 10.1 Å². The lowest BCUT2D eigenvalue weighted by atomic mass is 9.99. The summed E-state index contributed by atoms with van der Waals surface area (Å²) in [5.41, 5.74) is 1.51. The van der Waals surface area contributed by atoms with E-state index in [9.17, 15) is 10.1 Å². The van der Waals surface area contributed by atoms with Crippen molar-refractivity contribution in [3.63, 3.8) is 0 Å². The molecule has 110 valence electrons. The number of non-ortho nitro benzene ring substituents is 1. The van der Waals surface area contributed by atoms with Gasteiger partial charge in [-0.15, -0.1) is 0 Å². The van der Waals surface area contributed by atoms with E-state index in [4.69, 9.17) is 4.52 Å². The molecule has 2 heterocycles. The van der Waals surface area contributed by atoms with Crippen LogP contribution in [0.2, 0.25) is 0 Å². The number of piperidine rings is 1. The van der Waals surface area contributed by atoms with Crippen molar-refractivity contribution in [3.05, 3.63) is 39.7 Å². The molecular weight excluding hydrogens is 272 g/mol. The van der Waals surface area contributed by atoms with Crippen LogP contribution in [0.25, 0.3) is 11.5 Å². The summed E-state index contributed by atoms with van der Waals surface area (Å²) < 4.78 is 5.31. The van der Waals surface area contributed by atoms with Crippen LogP contribution in [0, 0.1) is 17.0 Å². The van der Waals surface area contributed by atoms with Gasteiger partial charge in [-0.05, 0) is 31.9 Å². The lowest BCUT2D eigenvalue weighted by molar-refractivity contribution is -0.384. The van der Waals surface area contributed by atoms with Crippen LogP contribution in [0.4, 0.5) is 5.69 Å². The van der Waals surface area contributed by atoms with Crippen molar-refractivity contribution in [3.8, 4) is 11.5 Å². The Morgan fingerprint density at radius 2 is 2.33 bits per heavy atom. The molecule has 1 aromatic heterocycles. The number of nitrogens with zero attached hydrogens (tertiary/aromatic N) is 3. The second kappa shape index (κ2) is 5.61. The normalized spacial score (nSPS) is 18.6. The minimum absolute atomic E-state index is 0.0229. The highest BCUT2D eigenvalue weighted by Crippen LogP contribution is 2.28. The maximum atomic E-state index is 10.9. The number of aryl methyl sites for hydroxylation is 1. The van der Waals surface area contributed by atoms with E-state index < -0.39 is 4.92 Å². The highest BCUT2D eigenvalue weighted by Gasteiger charge is 2.22. The molecule has 0 radical (unpaired) electrons. The zero-order valence-corrected chi connectivity index (χ0v) is 11.7. The fraction of sp³-hybridized carbons (Fsp3) is 0.429. The van der Waals surface area contributed by atoms with Crippen molar-refractivity contribution >= 4 is 5.69 Å². The van der Waals surface area contributed by atoms with Gasteiger partial charge < -0.3 is 9.84 Å². The number of aromatic nitrogens is 2. The Balaban J connectivity index is 1.92. The predicted molar refractivity (Wildman–Crippen MR) is 76.0 cm³/mol. The lowest BCUT2D eigenvalue weighted by Gasteiger charge is -2.19. The standard InChI is InChI=1S/C14H16N4O3/c1-9-4-5-11(18(19)20)7-12(9)14-16-13(17-21-14)10-3-2-6-15-8-10/h4-5,7,10,15H,2-3,6,8H2,1H3. The molecule has 1 saturated heterocycles. The van der Waals surface area contributed by atoms with Crippen molar-refractivity contribution in [1.82, 2.24) is 15.5 Å². The first-order chi connectivity index (χ1) is 10.1. The van der Waals surface area contributed by atoms with E-state index in [1.165, 1.54) is 12.1 Å². The first-order valence-corrected chi connectivity index (χ1v) is 6.95. The second-order valence-electron chi connectivity index (χ2n) is 5.26. The van der Waals surface area contributed by atoms with Crippen molar-refractivity contribution in [1.29, 1.82) is 0 Å². The van der Waals surface area contributed by atoms with Gasteiger partial charge in [0.2, 0.25) is 0 Å². The molecule has 21 heavy (non-hydrogen) atoms. The van der Waals surface area contributed by atoms with E-state index in [1.54, 1.807) is 6.07 Å². The molecule has 1 aliphatic heterocycles. The number of hydrogen-bond acceptors (Lipinski definition) is 6. The average Bonchev–Trinajstić information content (AvgIpc) is 2.98. The number of benzene rings is 1. The molecule has 1 aromatic carbocycles. The summed E-state index contributed by atoms with van der Waals surface area (Å²) in [5.74, 6) is 1.26. The quantitative estimate of drug-likeness (QED) is 0.688. The Bertz CT molecular complexity index is 662. The molecule has 0 saturated carbocycles.